The van der Waals surface area contributed by atoms with E-state index < -0.39 is 6.43 Å². The number of pyridine rings is 2. The number of aromatic nitrogens is 10. The minimum Gasteiger partial charge on any atom is -0.471 e. The van der Waals surface area contributed by atoms with Crippen molar-refractivity contribution in [3.8, 4) is 28.7 Å². The van der Waals surface area contributed by atoms with Crippen LogP contribution in [0.5, 0.6) is 5.88 Å². The Hall–Kier alpha value is -4.62. The first-order chi connectivity index (χ1) is 16.6. The summed E-state index contributed by atoms with van der Waals surface area (Å²) in [7, 11) is 1.74. The zero-order chi connectivity index (χ0) is 23.5. The summed E-state index contributed by atoms with van der Waals surface area (Å²) in [6, 6.07) is 4.52. The third-order valence-corrected chi connectivity index (χ3v) is 4.88. The molecule has 5 heterocycles. The van der Waals surface area contributed by atoms with E-state index in [9.17, 15) is 8.78 Å². The van der Waals surface area contributed by atoms with Gasteiger partial charge in [-0.1, -0.05) is 5.16 Å². The van der Waals surface area contributed by atoms with E-state index in [1.807, 2.05) is 6.07 Å². The van der Waals surface area contributed by atoms with Gasteiger partial charge in [0, 0.05) is 42.8 Å². The molecule has 12 nitrogen and oxygen atoms in total. The van der Waals surface area contributed by atoms with Crippen LogP contribution in [0.3, 0.4) is 0 Å². The number of rotatable bonds is 8. The molecule has 0 aromatic carbocycles. The van der Waals surface area contributed by atoms with E-state index in [0.717, 1.165) is 11.8 Å². The predicted molar refractivity (Wildman–Crippen MR) is 110 cm³/mol. The standard InChI is InChI=1S/C20H16F2N10O2/c1-31-16(10-33-17-3-2-13(7-24-17)18(21)22)15(8-26-31)20-27-19(28-34-20)14-4-12(5-23-6-14)9-32-11-25-29-30-32/h2-8,11,18H,9-10H2,1H3. The van der Waals surface area contributed by atoms with E-state index in [0.29, 0.717) is 29.2 Å². The molecular formula is C20H16F2N10O2. The van der Waals surface area contributed by atoms with E-state index in [4.69, 9.17) is 9.26 Å². The maximum atomic E-state index is 12.7. The van der Waals surface area contributed by atoms with Gasteiger partial charge < -0.3 is 9.26 Å². The average Bonchev–Trinajstić information content (AvgIpc) is 3.60. The van der Waals surface area contributed by atoms with Gasteiger partial charge in [-0.25, -0.2) is 18.4 Å². The van der Waals surface area contributed by atoms with Crippen molar-refractivity contribution in [2.45, 2.75) is 19.6 Å². The summed E-state index contributed by atoms with van der Waals surface area (Å²) in [5.74, 6) is 0.794. The molecular weight excluding hydrogens is 450 g/mol. The molecule has 14 heteroatoms. The minimum atomic E-state index is -2.59. The monoisotopic (exact) mass is 466 g/mol. The molecule has 0 spiro atoms. The van der Waals surface area contributed by atoms with Gasteiger partial charge in [-0.2, -0.15) is 10.1 Å². The van der Waals surface area contributed by atoms with Gasteiger partial charge in [0.2, 0.25) is 11.7 Å². The molecule has 0 amide bonds. The number of nitrogens with zero attached hydrogens (tertiary/aromatic N) is 10. The number of tetrazole rings is 1. The van der Waals surface area contributed by atoms with E-state index >= 15 is 0 Å². The molecule has 172 valence electrons. The minimum absolute atomic E-state index is 0.0630. The lowest BCUT2D eigenvalue weighted by molar-refractivity contribution is 0.150. The molecule has 0 radical (unpaired) electrons. The molecule has 5 aromatic heterocycles. The van der Waals surface area contributed by atoms with Crippen LogP contribution in [-0.2, 0) is 20.2 Å². The van der Waals surface area contributed by atoms with Gasteiger partial charge in [0.25, 0.3) is 12.3 Å². The fraction of sp³-hybridized carbons (Fsp3) is 0.200. The van der Waals surface area contributed by atoms with E-state index in [1.165, 1.54) is 18.5 Å². The Morgan fingerprint density at radius 1 is 1.15 bits per heavy atom. The largest absolute Gasteiger partial charge is 0.471 e. The van der Waals surface area contributed by atoms with Crippen molar-refractivity contribution >= 4 is 0 Å². The van der Waals surface area contributed by atoms with Gasteiger partial charge in [-0.15, -0.1) is 5.10 Å². The van der Waals surface area contributed by atoms with Crippen LogP contribution in [0.1, 0.15) is 23.2 Å². The quantitative estimate of drug-likeness (QED) is 0.335. The topological polar surface area (TPSA) is 135 Å². The summed E-state index contributed by atoms with van der Waals surface area (Å²) >= 11 is 0. The molecule has 0 N–H and O–H groups in total. The molecule has 0 unspecified atom stereocenters. The summed E-state index contributed by atoms with van der Waals surface area (Å²) in [6.45, 7) is 0.503. The number of halogens is 2. The number of alkyl halides is 2. The van der Waals surface area contributed by atoms with Gasteiger partial charge in [0.15, 0.2) is 0 Å². The molecule has 0 atom stereocenters. The highest BCUT2D eigenvalue weighted by Gasteiger charge is 2.19. The lowest BCUT2D eigenvalue weighted by Crippen LogP contribution is -2.05. The SMILES string of the molecule is Cn1ncc(-c2nc(-c3cncc(Cn4cnnn4)c3)no2)c1COc1ccc(C(F)F)cn1. The Balaban J connectivity index is 1.34. The van der Waals surface area contributed by atoms with Crippen LogP contribution in [-0.4, -0.2) is 50.1 Å². The first-order valence-corrected chi connectivity index (χ1v) is 9.94. The number of hydrogen-bond donors (Lipinski definition) is 0. The highest BCUT2D eigenvalue weighted by Crippen LogP contribution is 2.26. The van der Waals surface area contributed by atoms with Crippen LogP contribution in [0, 0.1) is 0 Å². The Kier molecular flexibility index (Phi) is 5.68. The molecule has 0 saturated heterocycles. The Bertz CT molecular complexity index is 1380. The molecule has 0 fully saturated rings. The van der Waals surface area contributed by atoms with E-state index in [-0.39, 0.29) is 23.9 Å². The van der Waals surface area contributed by atoms with Gasteiger partial charge >= 0.3 is 0 Å². The first-order valence-electron chi connectivity index (χ1n) is 9.94. The highest BCUT2D eigenvalue weighted by atomic mass is 19.3. The third kappa shape index (κ3) is 4.46. The summed E-state index contributed by atoms with van der Waals surface area (Å²) in [4.78, 5) is 12.6. The number of ether oxygens (including phenoxy) is 1. The molecule has 5 rings (SSSR count). The Morgan fingerprint density at radius 3 is 2.82 bits per heavy atom. The highest BCUT2D eigenvalue weighted by molar-refractivity contribution is 5.60. The Morgan fingerprint density at radius 2 is 2.06 bits per heavy atom. The van der Waals surface area contributed by atoms with Crippen molar-refractivity contribution in [2.75, 3.05) is 0 Å². The van der Waals surface area contributed by atoms with E-state index in [2.05, 4.69) is 40.7 Å². The van der Waals surface area contributed by atoms with Crippen LogP contribution >= 0.6 is 0 Å². The van der Waals surface area contributed by atoms with Gasteiger partial charge in [0.05, 0.1) is 24.0 Å². The van der Waals surface area contributed by atoms with Gasteiger partial charge in [0.1, 0.15) is 12.9 Å². The van der Waals surface area contributed by atoms with Crippen molar-refractivity contribution in [3.63, 3.8) is 0 Å². The normalized spacial score (nSPS) is 11.3. The molecule has 5 aromatic rings. The maximum absolute atomic E-state index is 12.7. The van der Waals surface area contributed by atoms with Gasteiger partial charge in [-0.05, 0) is 28.1 Å². The molecule has 0 aliphatic rings. The van der Waals surface area contributed by atoms with Crippen LogP contribution in [0.25, 0.3) is 22.8 Å². The van der Waals surface area contributed by atoms with Crippen molar-refractivity contribution < 1.29 is 18.0 Å². The third-order valence-electron chi connectivity index (χ3n) is 4.88. The van der Waals surface area contributed by atoms with Crippen molar-refractivity contribution in [3.05, 3.63) is 66.1 Å². The smallest absolute Gasteiger partial charge is 0.265 e. The lowest BCUT2D eigenvalue weighted by atomic mass is 10.2. The zero-order valence-corrected chi connectivity index (χ0v) is 17.7. The summed E-state index contributed by atoms with van der Waals surface area (Å²) in [5.41, 5.74) is 2.55. The van der Waals surface area contributed by atoms with E-state index in [1.54, 1.807) is 35.0 Å². The Labute approximate surface area is 190 Å². The second kappa shape index (κ2) is 9.09. The number of hydrogen-bond acceptors (Lipinski definition) is 10. The molecule has 34 heavy (non-hydrogen) atoms. The summed E-state index contributed by atoms with van der Waals surface area (Å²) in [5, 5.41) is 19.4. The molecule has 0 aliphatic carbocycles. The average molecular weight is 466 g/mol. The van der Waals surface area contributed by atoms with Crippen LogP contribution in [0.4, 0.5) is 8.78 Å². The lowest BCUT2D eigenvalue weighted by Gasteiger charge is -2.07. The van der Waals surface area contributed by atoms with Gasteiger partial charge in [-0.3, -0.25) is 9.67 Å². The zero-order valence-electron chi connectivity index (χ0n) is 17.7. The summed E-state index contributed by atoms with van der Waals surface area (Å²) < 4.78 is 39.7. The van der Waals surface area contributed by atoms with Crippen molar-refractivity contribution in [1.29, 1.82) is 0 Å². The van der Waals surface area contributed by atoms with Crippen LogP contribution < -0.4 is 4.74 Å². The molecule has 0 aliphatic heterocycles. The maximum Gasteiger partial charge on any atom is 0.265 e. The molecule has 0 saturated carbocycles. The fourth-order valence-electron chi connectivity index (χ4n) is 3.15. The fourth-order valence-corrected chi connectivity index (χ4v) is 3.15. The summed E-state index contributed by atoms with van der Waals surface area (Å²) in [6.07, 6.45) is 4.90. The van der Waals surface area contributed by atoms with Crippen molar-refractivity contribution in [1.82, 2.24) is 50.1 Å². The van der Waals surface area contributed by atoms with Crippen LogP contribution in [0.15, 0.2) is 53.8 Å². The second-order valence-electron chi connectivity index (χ2n) is 7.16. The first kappa shape index (κ1) is 21.2. The predicted octanol–water partition coefficient (Wildman–Crippen LogP) is 2.48. The number of aryl methyl sites for hydroxylation is 1. The van der Waals surface area contributed by atoms with Crippen LogP contribution in [0.2, 0.25) is 0 Å². The molecule has 0 bridgehead atoms. The second-order valence-corrected chi connectivity index (χ2v) is 7.16. The van der Waals surface area contributed by atoms with Crippen molar-refractivity contribution in [2.24, 2.45) is 7.05 Å².